The van der Waals surface area contributed by atoms with E-state index in [-0.39, 0.29) is 23.5 Å². The third-order valence-corrected chi connectivity index (χ3v) is 5.72. The molecule has 4 rings (SSSR count). The quantitative estimate of drug-likeness (QED) is 0.622. The van der Waals surface area contributed by atoms with Gasteiger partial charge in [0.1, 0.15) is 5.39 Å². The van der Waals surface area contributed by atoms with Crippen molar-refractivity contribution in [1.82, 2.24) is 9.72 Å². The van der Waals surface area contributed by atoms with Crippen LogP contribution in [0.15, 0.2) is 27.5 Å². The van der Waals surface area contributed by atoms with Crippen LogP contribution < -0.4 is 5.56 Å². The summed E-state index contributed by atoms with van der Waals surface area (Å²) in [7, 11) is 0. The van der Waals surface area contributed by atoms with E-state index in [0.29, 0.717) is 45.6 Å². The highest BCUT2D eigenvalue weighted by atomic mass is 35.5. The summed E-state index contributed by atoms with van der Waals surface area (Å²) < 4.78 is 12.4. The Kier molecular flexibility index (Phi) is 4.68. The third kappa shape index (κ3) is 2.92. The lowest BCUT2D eigenvalue weighted by molar-refractivity contribution is -0.149. The number of benzene rings is 1. The van der Waals surface area contributed by atoms with Crippen molar-refractivity contribution in [1.29, 1.82) is 0 Å². The van der Waals surface area contributed by atoms with E-state index in [1.807, 2.05) is 12.1 Å². The first-order chi connectivity index (χ1) is 13.0. The number of halogens is 1. The summed E-state index contributed by atoms with van der Waals surface area (Å²) >= 11 is 6.45. The zero-order valence-electron chi connectivity index (χ0n) is 15.3. The number of esters is 1. The molecule has 27 heavy (non-hydrogen) atoms. The Morgan fingerprint density at radius 3 is 2.96 bits per heavy atom. The van der Waals surface area contributed by atoms with E-state index in [2.05, 4.69) is 5.16 Å². The molecule has 142 valence electrons. The lowest BCUT2D eigenvalue weighted by Gasteiger charge is -2.30. The summed E-state index contributed by atoms with van der Waals surface area (Å²) in [5, 5.41) is 5.63. The minimum Gasteiger partial charge on any atom is -0.466 e. The molecule has 2 heterocycles. The molecule has 3 aromatic rings. The first-order valence-electron chi connectivity index (χ1n) is 9.28. The van der Waals surface area contributed by atoms with E-state index in [1.54, 1.807) is 24.5 Å². The van der Waals surface area contributed by atoms with Crippen LogP contribution in [0, 0.1) is 12.8 Å². The number of aromatic nitrogens is 2. The van der Waals surface area contributed by atoms with Gasteiger partial charge >= 0.3 is 5.97 Å². The highest BCUT2D eigenvalue weighted by Crippen LogP contribution is 2.37. The Morgan fingerprint density at radius 2 is 2.19 bits per heavy atom. The summed E-state index contributed by atoms with van der Waals surface area (Å²) in [5.41, 5.74) is 1.54. The lowest BCUT2D eigenvalue weighted by atomic mass is 9.85. The molecule has 0 unspecified atom stereocenters. The molecular formula is C20H21ClN2O4. The topological polar surface area (TPSA) is 74.3 Å². The molecule has 1 saturated carbocycles. The summed E-state index contributed by atoms with van der Waals surface area (Å²) in [6, 6.07) is 5.37. The Balaban J connectivity index is 1.91. The predicted molar refractivity (Wildman–Crippen MR) is 103 cm³/mol. The highest BCUT2D eigenvalue weighted by molar-refractivity contribution is 6.37. The van der Waals surface area contributed by atoms with Gasteiger partial charge in [-0.15, -0.1) is 0 Å². The van der Waals surface area contributed by atoms with Crippen molar-refractivity contribution in [2.75, 3.05) is 6.61 Å². The SMILES string of the molecule is CCOC(=O)[C@@H]1CCC[C@H](n2c(=O)c3c(C)noc3c3c(Cl)cccc32)C1. The first-order valence-corrected chi connectivity index (χ1v) is 9.66. The number of fused-ring (bicyclic) bond motifs is 3. The van der Waals surface area contributed by atoms with E-state index in [1.165, 1.54) is 0 Å². The Hall–Kier alpha value is -2.34. The second-order valence-corrected chi connectivity index (χ2v) is 7.46. The van der Waals surface area contributed by atoms with E-state index < -0.39 is 0 Å². The summed E-state index contributed by atoms with van der Waals surface area (Å²) in [4.78, 5) is 25.6. The minimum atomic E-state index is -0.191. The number of ether oxygens (including phenoxy) is 1. The zero-order valence-corrected chi connectivity index (χ0v) is 16.1. The largest absolute Gasteiger partial charge is 0.466 e. The van der Waals surface area contributed by atoms with Gasteiger partial charge in [0, 0.05) is 6.04 Å². The highest BCUT2D eigenvalue weighted by Gasteiger charge is 2.31. The van der Waals surface area contributed by atoms with Gasteiger partial charge in [-0.3, -0.25) is 9.59 Å². The maximum absolute atomic E-state index is 13.3. The molecule has 0 amide bonds. The Morgan fingerprint density at radius 1 is 1.37 bits per heavy atom. The average molecular weight is 389 g/mol. The normalized spacial score (nSPS) is 20.3. The molecule has 1 aliphatic carbocycles. The van der Waals surface area contributed by atoms with Crippen LogP contribution in [0.2, 0.25) is 5.02 Å². The molecule has 7 heteroatoms. The Bertz CT molecular complexity index is 1080. The number of carbonyl (C=O) groups is 1. The molecule has 0 radical (unpaired) electrons. The van der Waals surface area contributed by atoms with Crippen molar-refractivity contribution < 1.29 is 14.1 Å². The molecule has 2 aromatic heterocycles. The Labute approximate surface area is 161 Å². The minimum absolute atomic E-state index is 0.0969. The first kappa shape index (κ1) is 18.0. The van der Waals surface area contributed by atoms with Gasteiger partial charge in [0.25, 0.3) is 5.56 Å². The lowest BCUT2D eigenvalue weighted by Crippen LogP contribution is -2.32. The standard InChI is InChI=1S/C20H21ClN2O4/c1-3-26-20(25)12-6-4-7-13(10-12)23-15-9-5-8-14(21)17(15)18-16(19(23)24)11(2)22-27-18/h5,8-9,12-13H,3-4,6-7,10H2,1-2H3/t12-,13+/m1/s1. The van der Waals surface area contributed by atoms with Crippen molar-refractivity contribution in [2.45, 2.75) is 45.6 Å². The van der Waals surface area contributed by atoms with E-state index >= 15 is 0 Å². The number of aryl methyl sites for hydroxylation is 1. The molecule has 0 aliphatic heterocycles. The van der Waals surface area contributed by atoms with Gasteiger partial charge < -0.3 is 13.8 Å². The molecule has 0 bridgehead atoms. The molecule has 0 saturated heterocycles. The second kappa shape index (κ2) is 7.00. The number of nitrogens with zero attached hydrogens (tertiary/aromatic N) is 2. The van der Waals surface area contributed by atoms with Crippen LogP contribution in [0.5, 0.6) is 0 Å². The van der Waals surface area contributed by atoms with Crippen LogP contribution in [-0.2, 0) is 9.53 Å². The van der Waals surface area contributed by atoms with Crippen LogP contribution in [-0.4, -0.2) is 22.3 Å². The zero-order chi connectivity index (χ0) is 19.1. The summed E-state index contributed by atoms with van der Waals surface area (Å²) in [6.07, 6.45) is 3.06. The van der Waals surface area contributed by atoms with Crippen molar-refractivity contribution in [3.05, 3.63) is 39.3 Å². The summed E-state index contributed by atoms with van der Waals surface area (Å²) in [5.74, 6) is -0.371. The fourth-order valence-corrected chi connectivity index (χ4v) is 4.45. The maximum atomic E-state index is 13.3. The molecule has 1 aromatic carbocycles. The monoisotopic (exact) mass is 388 g/mol. The van der Waals surface area contributed by atoms with Crippen molar-refractivity contribution in [3.63, 3.8) is 0 Å². The van der Waals surface area contributed by atoms with Gasteiger partial charge in [-0.1, -0.05) is 29.2 Å². The smallest absolute Gasteiger partial charge is 0.308 e. The van der Waals surface area contributed by atoms with Gasteiger partial charge in [0.05, 0.1) is 34.1 Å². The molecular weight excluding hydrogens is 368 g/mol. The average Bonchev–Trinajstić information content (AvgIpc) is 3.04. The molecule has 0 N–H and O–H groups in total. The van der Waals surface area contributed by atoms with Crippen LogP contribution in [0.3, 0.4) is 0 Å². The second-order valence-electron chi connectivity index (χ2n) is 7.05. The number of hydrogen-bond donors (Lipinski definition) is 0. The van der Waals surface area contributed by atoms with Crippen molar-refractivity contribution >= 4 is 39.4 Å². The van der Waals surface area contributed by atoms with Crippen LogP contribution in [0.4, 0.5) is 0 Å². The van der Waals surface area contributed by atoms with Gasteiger partial charge in [-0.2, -0.15) is 0 Å². The van der Waals surface area contributed by atoms with E-state index in [4.69, 9.17) is 20.9 Å². The third-order valence-electron chi connectivity index (χ3n) is 5.41. The molecule has 1 aliphatic rings. The van der Waals surface area contributed by atoms with E-state index in [0.717, 1.165) is 19.3 Å². The number of carbonyl (C=O) groups excluding carboxylic acids is 1. The number of hydrogen-bond acceptors (Lipinski definition) is 5. The van der Waals surface area contributed by atoms with Crippen molar-refractivity contribution in [3.8, 4) is 0 Å². The van der Waals surface area contributed by atoms with Gasteiger partial charge in [-0.25, -0.2) is 0 Å². The van der Waals surface area contributed by atoms with Crippen LogP contribution in [0.25, 0.3) is 21.9 Å². The van der Waals surface area contributed by atoms with Gasteiger partial charge in [0.15, 0.2) is 5.58 Å². The molecule has 6 nitrogen and oxygen atoms in total. The molecule has 0 spiro atoms. The summed E-state index contributed by atoms with van der Waals surface area (Å²) in [6.45, 7) is 3.92. The molecule has 1 fully saturated rings. The number of pyridine rings is 1. The van der Waals surface area contributed by atoms with Crippen LogP contribution >= 0.6 is 11.6 Å². The fraction of sp³-hybridized carbons (Fsp3) is 0.450. The molecule has 2 atom stereocenters. The van der Waals surface area contributed by atoms with E-state index in [9.17, 15) is 9.59 Å². The number of rotatable bonds is 3. The van der Waals surface area contributed by atoms with Gasteiger partial charge in [-0.05, 0) is 45.2 Å². The fourth-order valence-electron chi connectivity index (χ4n) is 4.20. The van der Waals surface area contributed by atoms with Crippen LogP contribution in [0.1, 0.15) is 44.3 Å². The van der Waals surface area contributed by atoms with Crippen molar-refractivity contribution in [2.24, 2.45) is 5.92 Å². The van der Waals surface area contributed by atoms with Gasteiger partial charge in [0.2, 0.25) is 0 Å². The predicted octanol–water partition coefficient (Wildman–Crippen LogP) is 4.40. The maximum Gasteiger partial charge on any atom is 0.308 e.